The van der Waals surface area contributed by atoms with Crippen LogP contribution in [0, 0.1) is 5.82 Å². The molecule has 6 nitrogen and oxygen atoms in total. The Bertz CT molecular complexity index is 913. The fourth-order valence-electron chi connectivity index (χ4n) is 4.02. The van der Waals surface area contributed by atoms with E-state index in [0.717, 1.165) is 30.4 Å². The summed E-state index contributed by atoms with van der Waals surface area (Å²) >= 11 is 0. The molecule has 3 unspecified atom stereocenters. The molecule has 0 radical (unpaired) electrons. The standard InChI is InChI=1S/C21H24FN5O/c1-13(16-8-10-19(22)20(12-16)28-2)23-18-9-7-17(11-18)14-3-5-15(6-4-14)21-24-26-27-25-21/h3-6,8,10,12-13,17-18,23H,7,9,11H2,1-2H3,(H,24,25,26,27). The first-order valence-electron chi connectivity index (χ1n) is 9.57. The van der Waals surface area contributed by atoms with Crippen LogP contribution in [0.4, 0.5) is 4.39 Å². The Morgan fingerprint density at radius 1 is 1.18 bits per heavy atom. The van der Waals surface area contributed by atoms with Crippen molar-refractivity contribution in [2.24, 2.45) is 0 Å². The van der Waals surface area contributed by atoms with Crippen molar-refractivity contribution in [1.29, 1.82) is 0 Å². The maximum Gasteiger partial charge on any atom is 0.204 e. The van der Waals surface area contributed by atoms with Gasteiger partial charge in [-0.25, -0.2) is 4.39 Å². The largest absolute Gasteiger partial charge is 0.494 e. The van der Waals surface area contributed by atoms with E-state index in [4.69, 9.17) is 4.74 Å². The number of aromatic nitrogens is 4. The molecule has 7 heteroatoms. The lowest BCUT2D eigenvalue weighted by Crippen LogP contribution is -2.29. The molecule has 3 atom stereocenters. The molecule has 4 rings (SSSR count). The topological polar surface area (TPSA) is 75.7 Å². The summed E-state index contributed by atoms with van der Waals surface area (Å²) in [6, 6.07) is 14.1. The molecule has 1 aliphatic rings. The number of nitrogens with one attached hydrogen (secondary N) is 2. The van der Waals surface area contributed by atoms with Gasteiger partial charge >= 0.3 is 0 Å². The third-order valence-corrected chi connectivity index (χ3v) is 5.58. The number of benzene rings is 2. The second-order valence-electron chi connectivity index (χ2n) is 7.35. The van der Waals surface area contributed by atoms with Crippen LogP contribution in [-0.4, -0.2) is 33.8 Å². The zero-order chi connectivity index (χ0) is 19.5. The molecule has 0 spiro atoms. The molecule has 0 amide bonds. The number of H-pyrrole nitrogens is 1. The van der Waals surface area contributed by atoms with Crippen LogP contribution in [0.3, 0.4) is 0 Å². The van der Waals surface area contributed by atoms with Crippen LogP contribution in [-0.2, 0) is 0 Å². The van der Waals surface area contributed by atoms with Gasteiger partial charge in [-0.2, -0.15) is 5.21 Å². The zero-order valence-corrected chi connectivity index (χ0v) is 16.0. The highest BCUT2D eigenvalue weighted by molar-refractivity contribution is 5.54. The van der Waals surface area contributed by atoms with Crippen LogP contribution in [0.2, 0.25) is 0 Å². The molecule has 2 N–H and O–H groups in total. The summed E-state index contributed by atoms with van der Waals surface area (Å²) in [6.07, 6.45) is 3.36. The average molecular weight is 381 g/mol. The van der Waals surface area contributed by atoms with Gasteiger partial charge < -0.3 is 10.1 Å². The van der Waals surface area contributed by atoms with E-state index < -0.39 is 0 Å². The first-order chi connectivity index (χ1) is 13.6. The molecule has 1 aliphatic carbocycles. The van der Waals surface area contributed by atoms with Crippen molar-refractivity contribution >= 4 is 0 Å². The minimum absolute atomic E-state index is 0.138. The minimum atomic E-state index is -0.330. The zero-order valence-electron chi connectivity index (χ0n) is 16.0. The molecule has 2 aromatic carbocycles. The normalized spacial score (nSPS) is 20.2. The Kier molecular flexibility index (Phi) is 5.34. The van der Waals surface area contributed by atoms with E-state index in [-0.39, 0.29) is 17.6 Å². The first-order valence-corrected chi connectivity index (χ1v) is 9.57. The number of aromatic amines is 1. The van der Waals surface area contributed by atoms with E-state index in [9.17, 15) is 4.39 Å². The van der Waals surface area contributed by atoms with Crippen LogP contribution in [0.1, 0.15) is 49.3 Å². The number of halogens is 1. The predicted molar refractivity (Wildman–Crippen MR) is 104 cm³/mol. The maximum atomic E-state index is 13.6. The van der Waals surface area contributed by atoms with E-state index >= 15 is 0 Å². The van der Waals surface area contributed by atoms with Gasteiger partial charge in [0.25, 0.3) is 0 Å². The van der Waals surface area contributed by atoms with Crippen molar-refractivity contribution in [3.63, 3.8) is 0 Å². The summed E-state index contributed by atoms with van der Waals surface area (Å²) in [5, 5.41) is 17.8. The Morgan fingerprint density at radius 3 is 2.71 bits per heavy atom. The fraction of sp³-hybridized carbons (Fsp3) is 0.381. The third kappa shape index (κ3) is 3.89. The van der Waals surface area contributed by atoms with E-state index in [1.54, 1.807) is 6.07 Å². The molecule has 0 saturated heterocycles. The van der Waals surface area contributed by atoms with Crippen molar-refractivity contribution in [3.8, 4) is 17.1 Å². The van der Waals surface area contributed by atoms with Gasteiger partial charge in [0.2, 0.25) is 5.82 Å². The molecule has 1 saturated carbocycles. The molecule has 1 aromatic heterocycles. The van der Waals surface area contributed by atoms with Gasteiger partial charge in [-0.05, 0) is 60.6 Å². The van der Waals surface area contributed by atoms with Gasteiger partial charge in [0, 0.05) is 17.6 Å². The third-order valence-electron chi connectivity index (χ3n) is 5.58. The summed E-state index contributed by atoms with van der Waals surface area (Å²) in [5.74, 6) is 1.11. The Labute approximate surface area is 163 Å². The highest BCUT2D eigenvalue weighted by Crippen LogP contribution is 2.36. The number of nitrogens with zero attached hydrogens (tertiary/aromatic N) is 3. The maximum absolute atomic E-state index is 13.6. The van der Waals surface area contributed by atoms with Gasteiger partial charge in [0.15, 0.2) is 11.6 Å². The molecule has 0 aliphatic heterocycles. The number of methoxy groups -OCH3 is 1. The van der Waals surface area contributed by atoms with Gasteiger partial charge in [-0.1, -0.05) is 30.3 Å². The molecule has 1 fully saturated rings. The summed E-state index contributed by atoms with van der Waals surface area (Å²) in [5.41, 5.74) is 3.34. The van der Waals surface area contributed by atoms with Crippen molar-refractivity contribution in [2.45, 2.75) is 44.2 Å². The Morgan fingerprint density at radius 2 is 2.00 bits per heavy atom. The Balaban J connectivity index is 1.37. The summed E-state index contributed by atoms with van der Waals surface area (Å²) in [6.45, 7) is 2.11. The molecular weight excluding hydrogens is 357 g/mol. The molecule has 0 bridgehead atoms. The van der Waals surface area contributed by atoms with E-state index in [0.29, 0.717) is 17.8 Å². The first kappa shape index (κ1) is 18.6. The van der Waals surface area contributed by atoms with Crippen molar-refractivity contribution in [3.05, 3.63) is 59.4 Å². The fourth-order valence-corrected chi connectivity index (χ4v) is 4.02. The highest BCUT2D eigenvalue weighted by atomic mass is 19.1. The predicted octanol–water partition coefficient (Wildman–Crippen LogP) is 4.00. The number of rotatable bonds is 6. The second-order valence-corrected chi connectivity index (χ2v) is 7.35. The lowest BCUT2D eigenvalue weighted by molar-refractivity contribution is 0.384. The second kappa shape index (κ2) is 8.06. The van der Waals surface area contributed by atoms with Crippen LogP contribution in [0.25, 0.3) is 11.4 Å². The van der Waals surface area contributed by atoms with Crippen LogP contribution in [0.5, 0.6) is 5.75 Å². The van der Waals surface area contributed by atoms with Gasteiger partial charge in [0.1, 0.15) is 0 Å². The number of hydrogen-bond donors (Lipinski definition) is 2. The van der Waals surface area contributed by atoms with E-state index in [1.807, 2.05) is 18.2 Å². The summed E-state index contributed by atoms with van der Waals surface area (Å²) < 4.78 is 18.7. The van der Waals surface area contributed by atoms with Gasteiger partial charge in [0.05, 0.1) is 7.11 Å². The number of hydrogen-bond acceptors (Lipinski definition) is 5. The van der Waals surface area contributed by atoms with E-state index in [2.05, 4.69) is 45.0 Å². The highest BCUT2D eigenvalue weighted by Gasteiger charge is 2.27. The van der Waals surface area contributed by atoms with Gasteiger partial charge in [-0.15, -0.1) is 10.2 Å². The average Bonchev–Trinajstić information content (AvgIpc) is 3.41. The van der Waals surface area contributed by atoms with Crippen molar-refractivity contribution in [1.82, 2.24) is 25.9 Å². The summed E-state index contributed by atoms with van der Waals surface area (Å²) in [4.78, 5) is 0. The quantitative estimate of drug-likeness (QED) is 0.675. The SMILES string of the molecule is COc1cc(C(C)NC2CCC(c3ccc(-c4nn[nH]n4)cc3)C2)ccc1F. The van der Waals surface area contributed by atoms with Crippen molar-refractivity contribution < 1.29 is 9.13 Å². The smallest absolute Gasteiger partial charge is 0.204 e. The monoisotopic (exact) mass is 381 g/mol. The van der Waals surface area contributed by atoms with Crippen LogP contribution < -0.4 is 10.1 Å². The lowest BCUT2D eigenvalue weighted by atomic mass is 9.96. The van der Waals surface area contributed by atoms with Gasteiger partial charge in [-0.3, -0.25) is 0 Å². The summed E-state index contributed by atoms with van der Waals surface area (Å²) in [7, 11) is 1.49. The van der Waals surface area contributed by atoms with Crippen LogP contribution in [0.15, 0.2) is 42.5 Å². The molecule has 146 valence electrons. The van der Waals surface area contributed by atoms with E-state index in [1.165, 1.54) is 18.7 Å². The molecule has 1 heterocycles. The molecule has 28 heavy (non-hydrogen) atoms. The molecule has 3 aromatic rings. The molecular formula is C21H24FN5O. The lowest BCUT2D eigenvalue weighted by Gasteiger charge is -2.21. The minimum Gasteiger partial charge on any atom is -0.494 e. The number of ether oxygens (including phenoxy) is 1. The number of tetrazole rings is 1. The Hall–Kier alpha value is -2.80. The van der Waals surface area contributed by atoms with Crippen molar-refractivity contribution in [2.75, 3.05) is 7.11 Å². The van der Waals surface area contributed by atoms with Crippen LogP contribution >= 0.6 is 0 Å².